The number of hydrogen-bond acceptors (Lipinski definition) is 1. The van der Waals surface area contributed by atoms with Gasteiger partial charge in [0.1, 0.15) is 0 Å². The van der Waals surface area contributed by atoms with Gasteiger partial charge in [0, 0.05) is 0 Å². The summed E-state index contributed by atoms with van der Waals surface area (Å²) < 4.78 is 0. The highest BCUT2D eigenvalue weighted by Crippen LogP contribution is 2.66. The van der Waals surface area contributed by atoms with Crippen LogP contribution in [0.1, 0.15) is 32.1 Å². The summed E-state index contributed by atoms with van der Waals surface area (Å²) in [5.74, 6) is 1.11. The van der Waals surface area contributed by atoms with Crippen molar-refractivity contribution in [3.05, 3.63) is 0 Å². The molecule has 0 aliphatic heterocycles. The van der Waals surface area contributed by atoms with E-state index in [0.717, 1.165) is 11.3 Å². The van der Waals surface area contributed by atoms with Gasteiger partial charge in [-0.3, -0.25) is 0 Å². The van der Waals surface area contributed by atoms with Gasteiger partial charge in [-0.2, -0.15) is 0 Å². The Morgan fingerprint density at radius 2 is 2.30 bits per heavy atom. The van der Waals surface area contributed by atoms with Crippen LogP contribution in [0.5, 0.6) is 0 Å². The Morgan fingerprint density at radius 3 is 2.70 bits per heavy atom. The first-order valence-corrected chi connectivity index (χ1v) is 4.52. The van der Waals surface area contributed by atoms with Crippen molar-refractivity contribution in [2.24, 2.45) is 11.3 Å². The van der Waals surface area contributed by atoms with Crippen LogP contribution in [0.3, 0.4) is 0 Å². The lowest BCUT2D eigenvalue weighted by Crippen LogP contribution is -2.17. The van der Waals surface area contributed by atoms with Gasteiger partial charge in [0.05, 0.1) is 0 Å². The zero-order chi connectivity index (χ0) is 7.03. The third-order valence-electron chi connectivity index (χ3n) is 3.45. The van der Waals surface area contributed by atoms with E-state index in [4.69, 9.17) is 0 Å². The fraction of sp³-hybridized carbons (Fsp3) is 1.00. The van der Waals surface area contributed by atoms with Gasteiger partial charge in [-0.15, -0.1) is 0 Å². The van der Waals surface area contributed by atoms with Gasteiger partial charge in [0.2, 0.25) is 0 Å². The van der Waals surface area contributed by atoms with Crippen molar-refractivity contribution >= 4 is 0 Å². The first-order valence-electron chi connectivity index (χ1n) is 4.52. The Labute approximate surface area is 63.2 Å². The molecule has 2 aliphatic carbocycles. The summed E-state index contributed by atoms with van der Waals surface area (Å²) in [4.78, 5) is 0. The second kappa shape index (κ2) is 2.23. The van der Waals surface area contributed by atoms with Crippen molar-refractivity contribution in [1.29, 1.82) is 0 Å². The Balaban J connectivity index is 1.69. The van der Waals surface area contributed by atoms with Gasteiger partial charge < -0.3 is 5.32 Å². The fourth-order valence-electron chi connectivity index (χ4n) is 2.40. The SMILES string of the molecule is CNCCC1CC12CCC2. The maximum absolute atomic E-state index is 3.22. The first kappa shape index (κ1) is 6.66. The van der Waals surface area contributed by atoms with E-state index in [-0.39, 0.29) is 0 Å². The quantitative estimate of drug-likeness (QED) is 0.628. The molecule has 2 aliphatic rings. The lowest BCUT2D eigenvalue weighted by molar-refractivity contribution is 0.253. The number of rotatable bonds is 3. The molecule has 0 saturated heterocycles. The molecule has 1 atom stereocenters. The van der Waals surface area contributed by atoms with Gasteiger partial charge in [0.25, 0.3) is 0 Å². The largest absolute Gasteiger partial charge is 0.320 e. The maximum atomic E-state index is 3.22. The summed E-state index contributed by atoms with van der Waals surface area (Å²) in [6.45, 7) is 1.23. The molecule has 0 aromatic carbocycles. The molecule has 1 nitrogen and oxygen atoms in total. The van der Waals surface area contributed by atoms with Gasteiger partial charge in [-0.05, 0) is 50.6 Å². The summed E-state index contributed by atoms with van der Waals surface area (Å²) >= 11 is 0. The van der Waals surface area contributed by atoms with E-state index in [1.54, 1.807) is 19.3 Å². The van der Waals surface area contributed by atoms with E-state index in [1.807, 2.05) is 0 Å². The molecule has 2 saturated carbocycles. The predicted octanol–water partition coefficient (Wildman–Crippen LogP) is 1.79. The monoisotopic (exact) mass is 139 g/mol. The zero-order valence-corrected chi connectivity index (χ0v) is 6.82. The molecule has 1 spiro atoms. The molecule has 0 aromatic rings. The number of nitrogens with one attached hydrogen (secondary N) is 1. The van der Waals surface area contributed by atoms with Gasteiger partial charge >= 0.3 is 0 Å². The molecule has 0 heterocycles. The van der Waals surface area contributed by atoms with Crippen molar-refractivity contribution in [3.63, 3.8) is 0 Å². The molecule has 1 N–H and O–H groups in total. The third kappa shape index (κ3) is 0.878. The minimum Gasteiger partial charge on any atom is -0.320 e. The van der Waals surface area contributed by atoms with Crippen LogP contribution in [-0.4, -0.2) is 13.6 Å². The smallest absolute Gasteiger partial charge is 0.00491 e. The van der Waals surface area contributed by atoms with Crippen LogP contribution in [0, 0.1) is 11.3 Å². The highest BCUT2D eigenvalue weighted by atomic mass is 14.8. The Hall–Kier alpha value is -0.0400. The normalized spacial score (nSPS) is 33.9. The Kier molecular flexibility index (Phi) is 1.48. The molecule has 1 unspecified atom stereocenters. The third-order valence-corrected chi connectivity index (χ3v) is 3.45. The van der Waals surface area contributed by atoms with Crippen molar-refractivity contribution in [2.45, 2.75) is 32.1 Å². The molecule has 58 valence electrons. The minimum absolute atomic E-state index is 0.900. The van der Waals surface area contributed by atoms with Crippen LogP contribution < -0.4 is 5.32 Å². The van der Waals surface area contributed by atoms with Crippen LogP contribution >= 0.6 is 0 Å². The topological polar surface area (TPSA) is 12.0 Å². The van der Waals surface area contributed by atoms with Crippen LogP contribution in [-0.2, 0) is 0 Å². The number of hydrogen-bond donors (Lipinski definition) is 1. The standard InChI is InChI=1S/C9H17N/c1-10-6-3-8-7-9(8)4-2-5-9/h8,10H,2-7H2,1H3. The lowest BCUT2D eigenvalue weighted by Gasteiger charge is -2.26. The molecule has 0 amide bonds. The van der Waals surface area contributed by atoms with E-state index in [9.17, 15) is 0 Å². The molecule has 0 radical (unpaired) electrons. The summed E-state index contributed by atoms with van der Waals surface area (Å²) in [6, 6.07) is 0. The van der Waals surface area contributed by atoms with Gasteiger partial charge in [0.15, 0.2) is 0 Å². The Morgan fingerprint density at radius 1 is 1.50 bits per heavy atom. The van der Waals surface area contributed by atoms with Crippen molar-refractivity contribution in [3.8, 4) is 0 Å². The average molecular weight is 139 g/mol. The Bertz CT molecular complexity index is 127. The second-order valence-corrected chi connectivity index (χ2v) is 4.01. The van der Waals surface area contributed by atoms with Crippen LogP contribution in [0.2, 0.25) is 0 Å². The average Bonchev–Trinajstić information content (AvgIpc) is 2.56. The van der Waals surface area contributed by atoms with E-state index < -0.39 is 0 Å². The van der Waals surface area contributed by atoms with Crippen LogP contribution in [0.25, 0.3) is 0 Å². The maximum Gasteiger partial charge on any atom is -0.00491 e. The highest BCUT2D eigenvalue weighted by Gasteiger charge is 2.56. The molecule has 2 fully saturated rings. The molecule has 1 heteroatoms. The lowest BCUT2D eigenvalue weighted by atomic mass is 9.79. The van der Waals surface area contributed by atoms with E-state index in [1.165, 1.54) is 19.4 Å². The first-order chi connectivity index (χ1) is 4.87. The molecule has 10 heavy (non-hydrogen) atoms. The summed E-state index contributed by atoms with van der Waals surface area (Å²) in [7, 11) is 2.05. The highest BCUT2D eigenvalue weighted by molar-refractivity contribution is 5.06. The molecule has 0 bridgehead atoms. The van der Waals surface area contributed by atoms with Crippen molar-refractivity contribution in [2.75, 3.05) is 13.6 Å². The van der Waals surface area contributed by atoms with Gasteiger partial charge in [-0.1, -0.05) is 6.42 Å². The summed E-state index contributed by atoms with van der Waals surface area (Å²) in [5, 5.41) is 3.22. The van der Waals surface area contributed by atoms with E-state index in [2.05, 4.69) is 12.4 Å². The van der Waals surface area contributed by atoms with Crippen LogP contribution in [0.15, 0.2) is 0 Å². The fourth-order valence-corrected chi connectivity index (χ4v) is 2.40. The predicted molar refractivity (Wildman–Crippen MR) is 42.9 cm³/mol. The van der Waals surface area contributed by atoms with Gasteiger partial charge in [-0.25, -0.2) is 0 Å². The van der Waals surface area contributed by atoms with Crippen molar-refractivity contribution in [1.82, 2.24) is 5.32 Å². The summed E-state index contributed by atoms with van der Waals surface area (Å²) in [5.41, 5.74) is 0.900. The van der Waals surface area contributed by atoms with Crippen LogP contribution in [0.4, 0.5) is 0 Å². The molecule has 2 rings (SSSR count). The second-order valence-electron chi connectivity index (χ2n) is 4.01. The molecule has 0 aromatic heterocycles. The zero-order valence-electron chi connectivity index (χ0n) is 6.82. The molecular formula is C9H17N. The minimum atomic E-state index is 0.900. The summed E-state index contributed by atoms with van der Waals surface area (Å²) in [6.07, 6.45) is 7.57. The van der Waals surface area contributed by atoms with E-state index in [0.29, 0.717) is 0 Å². The van der Waals surface area contributed by atoms with E-state index >= 15 is 0 Å². The molecular weight excluding hydrogens is 122 g/mol. The van der Waals surface area contributed by atoms with Crippen molar-refractivity contribution < 1.29 is 0 Å².